The van der Waals surface area contributed by atoms with E-state index in [0.717, 1.165) is 28.5 Å². The highest BCUT2D eigenvalue weighted by Gasteiger charge is 2.28. The number of rotatable bonds is 4. The first-order valence-corrected chi connectivity index (χ1v) is 11.1. The number of carbonyl (C=O) groups is 1. The number of fused-ring (bicyclic) bond motifs is 2. The molecule has 2 aromatic carbocycles. The van der Waals surface area contributed by atoms with E-state index in [2.05, 4.69) is 40.2 Å². The predicted molar refractivity (Wildman–Crippen MR) is 118 cm³/mol. The summed E-state index contributed by atoms with van der Waals surface area (Å²) >= 11 is 7.48. The van der Waals surface area contributed by atoms with Crippen molar-refractivity contribution < 1.29 is 4.79 Å². The van der Waals surface area contributed by atoms with Crippen LogP contribution in [0.4, 0.5) is 0 Å². The van der Waals surface area contributed by atoms with Gasteiger partial charge >= 0.3 is 0 Å². The van der Waals surface area contributed by atoms with Crippen LogP contribution in [0.3, 0.4) is 0 Å². The maximum Gasteiger partial charge on any atom is 0.253 e. The van der Waals surface area contributed by atoms with Crippen molar-refractivity contribution >= 4 is 34.9 Å². The van der Waals surface area contributed by atoms with Crippen LogP contribution in [0.1, 0.15) is 45.1 Å². The van der Waals surface area contributed by atoms with E-state index in [9.17, 15) is 4.79 Å². The molecule has 1 aliphatic carbocycles. The summed E-state index contributed by atoms with van der Waals surface area (Å²) in [5, 5.41) is 5.87. The number of aryl methyl sites for hydroxylation is 1. The molecule has 0 spiro atoms. The lowest BCUT2D eigenvalue weighted by atomic mass is 9.82. The van der Waals surface area contributed by atoms with Gasteiger partial charge in [-0.15, -0.1) is 5.10 Å². The van der Waals surface area contributed by atoms with Gasteiger partial charge in [0.05, 0.1) is 11.3 Å². The number of hydrogen-bond acceptors (Lipinski definition) is 5. The van der Waals surface area contributed by atoms with Crippen molar-refractivity contribution in [2.45, 2.75) is 36.6 Å². The van der Waals surface area contributed by atoms with Crippen molar-refractivity contribution in [1.82, 2.24) is 19.6 Å². The van der Waals surface area contributed by atoms with Gasteiger partial charge in [0.2, 0.25) is 5.16 Å². The fraction of sp³-hybridized carbons (Fsp3) is 0.217. The lowest BCUT2D eigenvalue weighted by Gasteiger charge is -2.23. The van der Waals surface area contributed by atoms with E-state index in [4.69, 9.17) is 11.6 Å². The maximum absolute atomic E-state index is 12.8. The van der Waals surface area contributed by atoms with Gasteiger partial charge in [-0.1, -0.05) is 65.3 Å². The highest BCUT2D eigenvalue weighted by Crippen LogP contribution is 2.32. The smallest absolute Gasteiger partial charge is 0.253 e. The quantitative estimate of drug-likeness (QED) is 0.408. The van der Waals surface area contributed by atoms with Crippen molar-refractivity contribution in [3.8, 4) is 0 Å². The first-order chi connectivity index (χ1) is 14.5. The fourth-order valence-corrected chi connectivity index (χ4v) is 4.72. The number of halogens is 1. The van der Waals surface area contributed by atoms with Crippen LogP contribution in [-0.2, 0) is 12.2 Å². The van der Waals surface area contributed by atoms with E-state index < -0.39 is 0 Å². The Bertz CT molecular complexity index is 1250. The molecule has 2 aromatic heterocycles. The predicted octanol–water partition coefficient (Wildman–Crippen LogP) is 5.29. The molecule has 1 atom stereocenters. The van der Waals surface area contributed by atoms with Gasteiger partial charge < -0.3 is 0 Å². The van der Waals surface area contributed by atoms with Gasteiger partial charge in [0.15, 0.2) is 5.78 Å². The van der Waals surface area contributed by atoms with Gasteiger partial charge in [0.25, 0.3) is 5.78 Å². The van der Waals surface area contributed by atoms with Crippen LogP contribution < -0.4 is 0 Å². The van der Waals surface area contributed by atoms with Crippen LogP contribution in [0.15, 0.2) is 59.9 Å². The number of Topliss-reactive ketones (excluding diaryl/α,β-unsaturated/α-hetero) is 1. The third kappa shape index (κ3) is 3.85. The molecule has 4 aromatic rings. The van der Waals surface area contributed by atoms with Gasteiger partial charge in [-0.25, -0.2) is 9.50 Å². The third-order valence-electron chi connectivity index (χ3n) is 5.36. The largest absolute Gasteiger partial charge is 0.294 e. The Kier molecular flexibility index (Phi) is 5.05. The molecule has 5 nitrogen and oxygen atoms in total. The number of ketones is 1. The van der Waals surface area contributed by atoms with E-state index in [1.165, 1.54) is 22.9 Å². The SMILES string of the molecule is Cc1cccc([C@H]2CC(=O)c3cn4nc(SCc5ccc(Cl)cc5)nc4nc3C2)c1. The van der Waals surface area contributed by atoms with Crippen molar-refractivity contribution in [1.29, 1.82) is 0 Å². The zero-order chi connectivity index (χ0) is 20.7. The molecular formula is C23H19ClN4OS. The lowest BCUT2D eigenvalue weighted by Crippen LogP contribution is -2.21. The number of carbonyl (C=O) groups excluding carboxylic acids is 1. The van der Waals surface area contributed by atoms with Crippen LogP contribution >= 0.6 is 23.4 Å². The molecule has 1 aliphatic rings. The summed E-state index contributed by atoms with van der Waals surface area (Å²) in [6.07, 6.45) is 3.02. The Labute approximate surface area is 183 Å². The van der Waals surface area contributed by atoms with E-state index >= 15 is 0 Å². The van der Waals surface area contributed by atoms with Gasteiger partial charge in [-0.2, -0.15) is 4.98 Å². The van der Waals surface area contributed by atoms with Crippen LogP contribution in [0.25, 0.3) is 5.78 Å². The van der Waals surface area contributed by atoms with Gasteiger partial charge in [0, 0.05) is 23.4 Å². The topological polar surface area (TPSA) is 60.2 Å². The van der Waals surface area contributed by atoms with Gasteiger partial charge in [-0.3, -0.25) is 4.79 Å². The highest BCUT2D eigenvalue weighted by molar-refractivity contribution is 7.98. The Hall–Kier alpha value is -2.70. The zero-order valence-corrected chi connectivity index (χ0v) is 18.0. The minimum Gasteiger partial charge on any atom is -0.294 e. The maximum atomic E-state index is 12.8. The lowest BCUT2D eigenvalue weighted by molar-refractivity contribution is 0.0962. The minimum absolute atomic E-state index is 0.114. The summed E-state index contributed by atoms with van der Waals surface area (Å²) in [7, 11) is 0. The van der Waals surface area contributed by atoms with E-state index in [-0.39, 0.29) is 11.7 Å². The summed E-state index contributed by atoms with van der Waals surface area (Å²) < 4.78 is 1.62. The summed E-state index contributed by atoms with van der Waals surface area (Å²) in [4.78, 5) is 22.1. The minimum atomic E-state index is 0.114. The normalized spacial score (nSPS) is 16.1. The Balaban J connectivity index is 1.40. The summed E-state index contributed by atoms with van der Waals surface area (Å²) in [5.74, 6) is 1.54. The standard InChI is InChI=1S/C23H19ClN4OS/c1-14-3-2-4-16(9-14)17-10-20-19(21(29)11-17)12-28-22(25-20)26-23(27-28)30-13-15-5-7-18(24)8-6-15/h2-9,12,17H,10-11,13H2,1H3/t17-/m1/s1. The van der Waals surface area contributed by atoms with Gasteiger partial charge in [0.1, 0.15) is 0 Å². The molecule has 0 N–H and O–H groups in total. The Morgan fingerprint density at radius 2 is 1.97 bits per heavy atom. The van der Waals surface area contributed by atoms with Crippen LogP contribution in [0.5, 0.6) is 0 Å². The molecule has 0 fully saturated rings. The second-order valence-corrected chi connectivity index (χ2v) is 8.98. The Morgan fingerprint density at radius 3 is 2.77 bits per heavy atom. The Morgan fingerprint density at radius 1 is 1.13 bits per heavy atom. The molecule has 2 heterocycles. The molecule has 30 heavy (non-hydrogen) atoms. The number of nitrogens with zero attached hydrogens (tertiary/aromatic N) is 4. The average Bonchev–Trinajstić information content (AvgIpc) is 3.14. The first-order valence-electron chi connectivity index (χ1n) is 9.78. The number of thioether (sulfide) groups is 1. The highest BCUT2D eigenvalue weighted by atomic mass is 35.5. The van der Waals surface area contributed by atoms with E-state index in [0.29, 0.717) is 22.9 Å². The molecule has 0 unspecified atom stereocenters. The average molecular weight is 435 g/mol. The number of hydrogen-bond donors (Lipinski definition) is 0. The molecule has 0 bridgehead atoms. The third-order valence-corrected chi connectivity index (χ3v) is 6.52. The molecule has 5 rings (SSSR count). The zero-order valence-electron chi connectivity index (χ0n) is 16.4. The number of benzene rings is 2. The van der Waals surface area contributed by atoms with Crippen LogP contribution in [-0.4, -0.2) is 25.4 Å². The molecule has 150 valence electrons. The van der Waals surface area contributed by atoms with Crippen molar-refractivity contribution in [2.75, 3.05) is 0 Å². The molecule has 0 saturated heterocycles. The molecule has 0 radical (unpaired) electrons. The molecular weight excluding hydrogens is 416 g/mol. The summed E-state index contributed by atoms with van der Waals surface area (Å²) in [6, 6.07) is 16.1. The van der Waals surface area contributed by atoms with E-state index in [1.807, 2.05) is 30.3 Å². The van der Waals surface area contributed by atoms with Crippen molar-refractivity contribution in [2.24, 2.45) is 0 Å². The monoisotopic (exact) mass is 434 g/mol. The molecule has 7 heteroatoms. The fourth-order valence-electron chi connectivity index (χ4n) is 3.81. The second kappa shape index (κ2) is 7.85. The van der Waals surface area contributed by atoms with Crippen molar-refractivity contribution in [3.63, 3.8) is 0 Å². The van der Waals surface area contributed by atoms with Crippen LogP contribution in [0.2, 0.25) is 5.02 Å². The number of aromatic nitrogens is 4. The van der Waals surface area contributed by atoms with Crippen LogP contribution in [0, 0.1) is 6.92 Å². The summed E-state index contributed by atoms with van der Waals surface area (Å²) in [6.45, 7) is 2.07. The first kappa shape index (κ1) is 19.3. The summed E-state index contributed by atoms with van der Waals surface area (Å²) in [5.41, 5.74) is 5.01. The van der Waals surface area contributed by atoms with E-state index in [1.54, 1.807) is 10.7 Å². The molecule has 0 aliphatic heterocycles. The molecule has 0 amide bonds. The second-order valence-electron chi connectivity index (χ2n) is 7.60. The van der Waals surface area contributed by atoms with Crippen molar-refractivity contribution in [3.05, 3.63) is 87.7 Å². The van der Waals surface area contributed by atoms with Gasteiger partial charge in [-0.05, 0) is 42.5 Å². The molecule has 0 saturated carbocycles.